The van der Waals surface area contributed by atoms with E-state index in [2.05, 4.69) is 47.8 Å². The first-order valence-electron chi connectivity index (χ1n) is 10.1. The van der Waals surface area contributed by atoms with Gasteiger partial charge in [-0.05, 0) is 44.0 Å². The number of nitrogens with one attached hydrogen (secondary N) is 2. The molecule has 0 atom stereocenters. The van der Waals surface area contributed by atoms with Crippen molar-refractivity contribution in [2.75, 3.05) is 5.32 Å². The number of H-pyrrole nitrogens is 1. The standard InChI is InChI=1S/C22H23N7O2S/c1-13-9-14(2)20(15(3)10-13)25-18(30)6-7-19-24-17(29-31-19)12-32-22-26-21(27-28-22)16-5-4-8-23-11-16/h4-5,8-11H,6-7,12H2,1-3H3,(H,25,30)(H,26,27,28). The minimum atomic E-state index is -0.0853. The van der Waals surface area contributed by atoms with Crippen molar-refractivity contribution in [2.45, 2.75) is 44.5 Å². The second-order valence-corrected chi connectivity index (χ2v) is 8.37. The Bertz CT molecular complexity index is 1200. The SMILES string of the molecule is Cc1cc(C)c(NC(=O)CCc2nc(CSc3n[nH]c(-c4cccnc4)n3)no2)c(C)c1. The number of rotatable bonds is 8. The first-order valence-corrected chi connectivity index (χ1v) is 11.1. The zero-order valence-corrected chi connectivity index (χ0v) is 18.9. The lowest BCUT2D eigenvalue weighted by molar-refractivity contribution is -0.116. The number of nitrogens with zero attached hydrogens (tertiary/aromatic N) is 5. The Labute approximate surface area is 189 Å². The molecule has 0 fully saturated rings. The largest absolute Gasteiger partial charge is 0.339 e. The summed E-state index contributed by atoms with van der Waals surface area (Å²) in [5.41, 5.74) is 4.99. The zero-order chi connectivity index (χ0) is 22.5. The number of aromatic nitrogens is 6. The molecule has 0 saturated heterocycles. The average molecular weight is 450 g/mol. The van der Waals surface area contributed by atoms with Crippen LogP contribution in [0.3, 0.4) is 0 Å². The summed E-state index contributed by atoms with van der Waals surface area (Å²) >= 11 is 1.39. The first-order chi connectivity index (χ1) is 15.5. The lowest BCUT2D eigenvalue weighted by atomic mass is 10.0. The van der Waals surface area contributed by atoms with Gasteiger partial charge in [0, 0.05) is 36.5 Å². The highest BCUT2D eigenvalue weighted by atomic mass is 32.2. The van der Waals surface area contributed by atoms with Gasteiger partial charge in [-0.1, -0.05) is 34.6 Å². The van der Waals surface area contributed by atoms with E-state index in [1.165, 1.54) is 17.3 Å². The summed E-state index contributed by atoms with van der Waals surface area (Å²) in [6.45, 7) is 6.02. The predicted molar refractivity (Wildman–Crippen MR) is 121 cm³/mol. The summed E-state index contributed by atoms with van der Waals surface area (Å²) in [5, 5.41) is 14.6. The molecule has 4 rings (SSSR count). The fourth-order valence-electron chi connectivity index (χ4n) is 3.32. The molecule has 164 valence electrons. The molecule has 10 heteroatoms. The van der Waals surface area contributed by atoms with Crippen molar-refractivity contribution < 1.29 is 9.32 Å². The molecule has 0 aliphatic rings. The van der Waals surface area contributed by atoms with Crippen molar-refractivity contribution >= 4 is 23.4 Å². The van der Waals surface area contributed by atoms with Crippen LogP contribution < -0.4 is 5.32 Å². The molecular formula is C22H23N7O2S. The second-order valence-electron chi connectivity index (χ2n) is 7.42. The van der Waals surface area contributed by atoms with Crippen LogP contribution in [0.1, 0.15) is 34.8 Å². The van der Waals surface area contributed by atoms with Gasteiger partial charge in [0.2, 0.25) is 17.0 Å². The normalized spacial score (nSPS) is 11.0. The van der Waals surface area contributed by atoms with Crippen LogP contribution in [0, 0.1) is 20.8 Å². The van der Waals surface area contributed by atoms with Gasteiger partial charge < -0.3 is 9.84 Å². The molecule has 0 aliphatic carbocycles. The predicted octanol–water partition coefficient (Wildman–Crippen LogP) is 4.04. The second kappa shape index (κ2) is 9.73. The molecule has 0 unspecified atom stereocenters. The van der Waals surface area contributed by atoms with Crippen LogP contribution >= 0.6 is 11.8 Å². The number of carbonyl (C=O) groups is 1. The number of hydrogen-bond donors (Lipinski definition) is 2. The van der Waals surface area contributed by atoms with Gasteiger partial charge in [-0.25, -0.2) is 4.98 Å². The van der Waals surface area contributed by atoms with E-state index >= 15 is 0 Å². The molecular weight excluding hydrogens is 426 g/mol. The van der Waals surface area contributed by atoms with E-state index < -0.39 is 0 Å². The Morgan fingerprint density at radius 2 is 2.00 bits per heavy atom. The fourth-order valence-corrected chi connectivity index (χ4v) is 3.96. The smallest absolute Gasteiger partial charge is 0.227 e. The summed E-state index contributed by atoms with van der Waals surface area (Å²) in [6.07, 6.45) is 4.06. The van der Waals surface area contributed by atoms with Crippen molar-refractivity contribution in [1.82, 2.24) is 30.3 Å². The van der Waals surface area contributed by atoms with Crippen LogP contribution in [0.5, 0.6) is 0 Å². The number of hydrogen-bond acceptors (Lipinski definition) is 8. The Morgan fingerprint density at radius 3 is 2.75 bits per heavy atom. The Balaban J connectivity index is 1.27. The van der Waals surface area contributed by atoms with E-state index in [9.17, 15) is 4.79 Å². The number of pyridine rings is 1. The molecule has 3 aromatic heterocycles. The number of anilines is 1. The van der Waals surface area contributed by atoms with E-state index in [0.29, 0.717) is 34.9 Å². The topological polar surface area (TPSA) is 122 Å². The van der Waals surface area contributed by atoms with Crippen molar-refractivity contribution in [2.24, 2.45) is 0 Å². The van der Waals surface area contributed by atoms with Gasteiger partial charge in [-0.15, -0.1) is 5.10 Å². The van der Waals surface area contributed by atoms with Crippen LogP contribution in [-0.4, -0.2) is 36.2 Å². The lowest BCUT2D eigenvalue weighted by Gasteiger charge is -2.12. The maximum Gasteiger partial charge on any atom is 0.227 e. The minimum absolute atomic E-state index is 0.0853. The van der Waals surface area contributed by atoms with Gasteiger partial charge in [0.25, 0.3) is 0 Å². The van der Waals surface area contributed by atoms with Crippen molar-refractivity contribution in [3.05, 3.63) is 65.1 Å². The highest BCUT2D eigenvalue weighted by Gasteiger charge is 2.13. The van der Waals surface area contributed by atoms with Crippen molar-refractivity contribution in [1.29, 1.82) is 0 Å². The molecule has 1 amide bonds. The third-order valence-electron chi connectivity index (χ3n) is 4.75. The fraction of sp³-hybridized carbons (Fsp3) is 0.273. The highest BCUT2D eigenvalue weighted by Crippen LogP contribution is 2.23. The minimum Gasteiger partial charge on any atom is -0.339 e. The van der Waals surface area contributed by atoms with Gasteiger partial charge >= 0.3 is 0 Å². The third-order valence-corrected chi connectivity index (χ3v) is 5.59. The van der Waals surface area contributed by atoms with Crippen LogP contribution in [0.4, 0.5) is 5.69 Å². The molecule has 32 heavy (non-hydrogen) atoms. The Hall–Kier alpha value is -3.53. The lowest BCUT2D eigenvalue weighted by Crippen LogP contribution is -2.14. The molecule has 4 aromatic rings. The summed E-state index contributed by atoms with van der Waals surface area (Å²) in [6, 6.07) is 7.86. The summed E-state index contributed by atoms with van der Waals surface area (Å²) in [5.74, 6) is 1.99. The highest BCUT2D eigenvalue weighted by molar-refractivity contribution is 7.98. The van der Waals surface area contributed by atoms with E-state index in [0.717, 1.165) is 22.4 Å². The van der Waals surface area contributed by atoms with Gasteiger partial charge in [0.05, 0.1) is 5.75 Å². The summed E-state index contributed by atoms with van der Waals surface area (Å²) in [7, 11) is 0. The van der Waals surface area contributed by atoms with E-state index in [1.807, 2.05) is 32.9 Å². The van der Waals surface area contributed by atoms with Crippen molar-refractivity contribution in [3.63, 3.8) is 0 Å². The van der Waals surface area contributed by atoms with Gasteiger partial charge in [0.15, 0.2) is 11.6 Å². The van der Waals surface area contributed by atoms with Gasteiger partial charge in [-0.3, -0.25) is 14.9 Å². The van der Waals surface area contributed by atoms with E-state index in [1.54, 1.807) is 12.4 Å². The number of benzene rings is 1. The van der Waals surface area contributed by atoms with Crippen molar-refractivity contribution in [3.8, 4) is 11.4 Å². The monoisotopic (exact) mass is 449 g/mol. The molecule has 0 radical (unpaired) electrons. The number of aryl methyl sites for hydroxylation is 4. The quantitative estimate of drug-likeness (QED) is 0.387. The van der Waals surface area contributed by atoms with Gasteiger partial charge in [0.1, 0.15) is 0 Å². The third kappa shape index (κ3) is 5.38. The molecule has 0 saturated carbocycles. The van der Waals surface area contributed by atoms with Gasteiger partial charge in [-0.2, -0.15) is 4.98 Å². The van der Waals surface area contributed by atoms with Crippen LogP contribution in [0.15, 0.2) is 46.3 Å². The maximum atomic E-state index is 12.4. The van der Waals surface area contributed by atoms with E-state index in [4.69, 9.17) is 4.52 Å². The molecule has 9 nitrogen and oxygen atoms in total. The molecule has 1 aromatic carbocycles. The summed E-state index contributed by atoms with van der Waals surface area (Å²) in [4.78, 5) is 25.3. The average Bonchev–Trinajstić information content (AvgIpc) is 3.43. The zero-order valence-electron chi connectivity index (χ0n) is 18.0. The number of amides is 1. The number of thioether (sulfide) groups is 1. The molecule has 2 N–H and O–H groups in total. The summed E-state index contributed by atoms with van der Waals surface area (Å²) < 4.78 is 5.28. The van der Waals surface area contributed by atoms with Crippen LogP contribution in [0.2, 0.25) is 0 Å². The number of carbonyl (C=O) groups excluding carboxylic acids is 1. The first kappa shape index (κ1) is 21.7. The molecule has 0 bridgehead atoms. The molecule has 3 heterocycles. The van der Waals surface area contributed by atoms with Crippen LogP contribution in [0.25, 0.3) is 11.4 Å². The maximum absolute atomic E-state index is 12.4. The molecule has 0 spiro atoms. The Morgan fingerprint density at radius 1 is 1.19 bits per heavy atom. The Kier molecular flexibility index (Phi) is 6.60. The molecule has 0 aliphatic heterocycles. The number of aromatic amines is 1. The van der Waals surface area contributed by atoms with E-state index in [-0.39, 0.29) is 12.3 Å². The van der Waals surface area contributed by atoms with Crippen LogP contribution in [-0.2, 0) is 17.0 Å².